The van der Waals surface area contributed by atoms with E-state index in [1.54, 1.807) is 29.8 Å². The SMILES string of the molecule is Cl.O=S(=O)(NCCCN1CCc2cccc3c2C1CC3)c1ccccc1. The Bertz CT molecular complexity index is 855. The summed E-state index contributed by atoms with van der Waals surface area (Å²) in [6.45, 7) is 2.50. The minimum atomic E-state index is -3.39. The molecule has 4 nitrogen and oxygen atoms in total. The van der Waals surface area contributed by atoms with Gasteiger partial charge in [0.05, 0.1) is 4.90 Å². The molecule has 0 saturated carbocycles. The van der Waals surface area contributed by atoms with Crippen molar-refractivity contribution in [1.29, 1.82) is 0 Å². The van der Waals surface area contributed by atoms with Crippen molar-refractivity contribution in [2.24, 2.45) is 0 Å². The first-order chi connectivity index (χ1) is 12.1. The normalized spacial score (nSPS) is 19.0. The Morgan fingerprint density at radius 1 is 1.00 bits per heavy atom. The largest absolute Gasteiger partial charge is 0.296 e. The second-order valence-electron chi connectivity index (χ2n) is 6.89. The molecule has 0 aromatic heterocycles. The number of rotatable bonds is 6. The van der Waals surface area contributed by atoms with Gasteiger partial charge in [-0.15, -0.1) is 12.4 Å². The Hall–Kier alpha value is -1.40. The first kappa shape index (κ1) is 19.4. The summed E-state index contributed by atoms with van der Waals surface area (Å²) < 4.78 is 27.2. The molecule has 0 fully saturated rings. The van der Waals surface area contributed by atoms with Gasteiger partial charge in [-0.2, -0.15) is 0 Å². The summed E-state index contributed by atoms with van der Waals surface area (Å²) in [5.74, 6) is 0. The molecule has 140 valence electrons. The minimum Gasteiger partial charge on any atom is -0.296 e. The fourth-order valence-electron chi connectivity index (χ4n) is 4.19. The zero-order chi connectivity index (χ0) is 17.3. The van der Waals surface area contributed by atoms with Crippen LogP contribution in [0.15, 0.2) is 53.4 Å². The van der Waals surface area contributed by atoms with E-state index in [1.807, 2.05) is 6.07 Å². The highest BCUT2D eigenvalue weighted by molar-refractivity contribution is 7.89. The van der Waals surface area contributed by atoms with E-state index >= 15 is 0 Å². The molecule has 0 amide bonds. The molecule has 1 unspecified atom stereocenters. The van der Waals surface area contributed by atoms with Crippen LogP contribution in [-0.4, -0.2) is 33.0 Å². The maximum Gasteiger partial charge on any atom is 0.240 e. The van der Waals surface area contributed by atoms with Gasteiger partial charge in [-0.1, -0.05) is 36.4 Å². The third kappa shape index (κ3) is 3.81. The molecule has 0 spiro atoms. The van der Waals surface area contributed by atoms with Crippen LogP contribution in [0.3, 0.4) is 0 Å². The zero-order valence-electron chi connectivity index (χ0n) is 14.7. The molecule has 6 heteroatoms. The number of halogens is 1. The van der Waals surface area contributed by atoms with E-state index in [4.69, 9.17) is 0 Å². The van der Waals surface area contributed by atoms with E-state index in [1.165, 1.54) is 24.0 Å². The molecule has 0 bridgehead atoms. The Morgan fingerprint density at radius 2 is 1.73 bits per heavy atom. The third-order valence-corrected chi connectivity index (χ3v) is 6.86. The lowest BCUT2D eigenvalue weighted by Gasteiger charge is -2.35. The van der Waals surface area contributed by atoms with Gasteiger partial charge in [0.15, 0.2) is 0 Å². The van der Waals surface area contributed by atoms with Gasteiger partial charge >= 0.3 is 0 Å². The average molecular weight is 393 g/mol. The summed E-state index contributed by atoms with van der Waals surface area (Å²) in [7, 11) is -3.39. The van der Waals surface area contributed by atoms with Crippen LogP contribution in [0.1, 0.15) is 35.6 Å². The molecule has 0 saturated heterocycles. The van der Waals surface area contributed by atoms with Gasteiger partial charge in [-0.05, 0) is 54.5 Å². The standard InChI is InChI=1S/C20H24N2O2S.ClH/c23-25(24,18-8-2-1-3-9-18)21-13-5-14-22-15-12-17-7-4-6-16-10-11-19(22)20(16)17;/h1-4,6-9,19,21H,5,10-15H2;1H. The van der Waals surface area contributed by atoms with E-state index in [0.717, 1.165) is 25.9 Å². The number of benzene rings is 2. The summed E-state index contributed by atoms with van der Waals surface area (Å²) >= 11 is 0. The molecule has 2 aromatic carbocycles. The highest BCUT2D eigenvalue weighted by Crippen LogP contribution is 2.41. The van der Waals surface area contributed by atoms with Crippen molar-refractivity contribution in [1.82, 2.24) is 9.62 Å². The summed E-state index contributed by atoms with van der Waals surface area (Å²) in [5, 5.41) is 0. The minimum absolute atomic E-state index is 0. The summed E-state index contributed by atoms with van der Waals surface area (Å²) in [6.07, 6.45) is 4.31. The lowest BCUT2D eigenvalue weighted by atomic mass is 9.93. The van der Waals surface area contributed by atoms with E-state index in [0.29, 0.717) is 17.5 Å². The topological polar surface area (TPSA) is 49.4 Å². The predicted molar refractivity (Wildman–Crippen MR) is 106 cm³/mol. The van der Waals surface area contributed by atoms with E-state index < -0.39 is 10.0 Å². The first-order valence-corrected chi connectivity index (χ1v) is 10.5. The number of hydrogen-bond acceptors (Lipinski definition) is 3. The molecule has 0 radical (unpaired) electrons. The molecule has 1 atom stereocenters. The van der Waals surface area contributed by atoms with Crippen molar-refractivity contribution in [3.05, 3.63) is 65.2 Å². The summed E-state index contributed by atoms with van der Waals surface area (Å²) in [4.78, 5) is 2.87. The molecular formula is C20H25ClN2O2S. The van der Waals surface area contributed by atoms with Crippen LogP contribution >= 0.6 is 12.4 Å². The van der Waals surface area contributed by atoms with Crippen LogP contribution < -0.4 is 4.72 Å². The van der Waals surface area contributed by atoms with Gasteiger partial charge in [-0.3, -0.25) is 4.90 Å². The van der Waals surface area contributed by atoms with Crippen molar-refractivity contribution in [2.45, 2.75) is 36.6 Å². The van der Waals surface area contributed by atoms with Crippen molar-refractivity contribution in [2.75, 3.05) is 19.6 Å². The predicted octanol–water partition coefficient (Wildman–Crippen LogP) is 3.32. The van der Waals surface area contributed by atoms with Crippen LogP contribution in [0.5, 0.6) is 0 Å². The number of hydrogen-bond donors (Lipinski definition) is 1. The van der Waals surface area contributed by atoms with E-state index in [-0.39, 0.29) is 12.4 Å². The van der Waals surface area contributed by atoms with Gasteiger partial charge in [0.25, 0.3) is 0 Å². The smallest absolute Gasteiger partial charge is 0.240 e. The molecule has 2 aromatic rings. The van der Waals surface area contributed by atoms with E-state index in [9.17, 15) is 8.42 Å². The van der Waals surface area contributed by atoms with Crippen LogP contribution in [0.25, 0.3) is 0 Å². The van der Waals surface area contributed by atoms with Crippen molar-refractivity contribution >= 4 is 22.4 Å². The molecule has 1 aliphatic heterocycles. The van der Waals surface area contributed by atoms with Crippen LogP contribution in [0.2, 0.25) is 0 Å². The molecule has 1 heterocycles. The molecule has 1 N–H and O–H groups in total. The van der Waals surface area contributed by atoms with Gasteiger partial charge < -0.3 is 0 Å². The Morgan fingerprint density at radius 3 is 2.50 bits per heavy atom. The van der Waals surface area contributed by atoms with Gasteiger partial charge in [0.2, 0.25) is 10.0 Å². The maximum absolute atomic E-state index is 12.3. The monoisotopic (exact) mass is 392 g/mol. The van der Waals surface area contributed by atoms with E-state index in [2.05, 4.69) is 27.8 Å². The molecule has 4 rings (SSSR count). The lowest BCUT2D eigenvalue weighted by Crippen LogP contribution is -2.36. The van der Waals surface area contributed by atoms with Crippen molar-refractivity contribution < 1.29 is 8.42 Å². The number of nitrogens with one attached hydrogen (secondary N) is 1. The molecule has 1 aliphatic carbocycles. The summed E-state index contributed by atoms with van der Waals surface area (Å²) in [5.41, 5.74) is 4.58. The lowest BCUT2D eigenvalue weighted by molar-refractivity contribution is 0.184. The van der Waals surface area contributed by atoms with Gasteiger partial charge in [0, 0.05) is 25.7 Å². The van der Waals surface area contributed by atoms with Crippen LogP contribution in [-0.2, 0) is 22.9 Å². The van der Waals surface area contributed by atoms with Gasteiger partial charge in [0.1, 0.15) is 0 Å². The van der Waals surface area contributed by atoms with Crippen LogP contribution in [0.4, 0.5) is 0 Å². The van der Waals surface area contributed by atoms with Gasteiger partial charge in [-0.25, -0.2) is 13.1 Å². The number of aryl methyl sites for hydroxylation is 1. The Balaban J connectivity index is 0.00000196. The van der Waals surface area contributed by atoms with Crippen molar-refractivity contribution in [3.63, 3.8) is 0 Å². The number of sulfonamides is 1. The Kier molecular flexibility index (Phi) is 6.03. The molecular weight excluding hydrogens is 368 g/mol. The first-order valence-electron chi connectivity index (χ1n) is 9.04. The highest BCUT2D eigenvalue weighted by atomic mass is 35.5. The van der Waals surface area contributed by atoms with Crippen LogP contribution in [0, 0.1) is 0 Å². The fourth-order valence-corrected chi connectivity index (χ4v) is 5.29. The second kappa shape index (κ2) is 8.09. The average Bonchev–Trinajstić information content (AvgIpc) is 3.07. The number of nitrogens with zero attached hydrogens (tertiary/aromatic N) is 1. The summed E-state index contributed by atoms with van der Waals surface area (Å²) in [6, 6.07) is 15.8. The maximum atomic E-state index is 12.3. The molecule has 2 aliphatic rings. The molecule has 26 heavy (non-hydrogen) atoms. The fraction of sp³-hybridized carbons (Fsp3) is 0.400. The second-order valence-corrected chi connectivity index (χ2v) is 8.66. The zero-order valence-corrected chi connectivity index (χ0v) is 16.4. The highest BCUT2D eigenvalue weighted by Gasteiger charge is 2.32. The van der Waals surface area contributed by atoms with Crippen molar-refractivity contribution in [3.8, 4) is 0 Å². The third-order valence-electron chi connectivity index (χ3n) is 5.38. The Labute approximate surface area is 162 Å². The quantitative estimate of drug-likeness (QED) is 0.767.